The Hall–Kier alpha value is 0.0600. The lowest BCUT2D eigenvalue weighted by Crippen LogP contribution is -2.41. The Balaban J connectivity index is 3.85. The Morgan fingerprint density at radius 2 is 2.00 bits per heavy atom. The largest absolute Gasteiger partial charge is 0.395 e. The van der Waals surface area contributed by atoms with Gasteiger partial charge in [0.25, 0.3) is 0 Å². The van der Waals surface area contributed by atoms with Crippen LogP contribution in [0.1, 0.15) is 19.8 Å². The van der Waals surface area contributed by atoms with E-state index in [1.807, 2.05) is 6.26 Å². The van der Waals surface area contributed by atoms with E-state index in [-0.39, 0.29) is 12.6 Å². The Bertz CT molecular complexity index is 166. The van der Waals surface area contributed by atoms with Crippen molar-refractivity contribution in [2.24, 2.45) is 0 Å². The molecule has 0 aromatic heterocycles. The van der Waals surface area contributed by atoms with Crippen molar-refractivity contribution in [3.05, 3.63) is 0 Å². The van der Waals surface area contributed by atoms with Gasteiger partial charge in [0.1, 0.15) is 0 Å². The molecule has 0 aromatic carbocycles. The Labute approximate surface area is 92.6 Å². The van der Waals surface area contributed by atoms with Crippen LogP contribution in [0.4, 0.5) is 13.2 Å². The minimum Gasteiger partial charge on any atom is -0.395 e. The summed E-state index contributed by atoms with van der Waals surface area (Å²) in [5.74, 6) is 0.830. The third kappa shape index (κ3) is 9.02. The van der Waals surface area contributed by atoms with Crippen molar-refractivity contribution in [2.45, 2.75) is 38.0 Å². The molecule has 0 bridgehead atoms. The highest BCUT2D eigenvalue weighted by atomic mass is 32.2. The van der Waals surface area contributed by atoms with Gasteiger partial charge in [0.2, 0.25) is 0 Å². The molecular weight excluding hydrogens is 227 g/mol. The molecule has 0 aliphatic heterocycles. The highest BCUT2D eigenvalue weighted by Crippen LogP contribution is 2.21. The Morgan fingerprint density at radius 3 is 2.40 bits per heavy atom. The quantitative estimate of drug-likeness (QED) is 0.720. The number of rotatable bonds is 7. The average Bonchev–Trinajstić information content (AvgIpc) is 2.09. The monoisotopic (exact) mass is 245 g/mol. The third-order valence-electron chi connectivity index (χ3n) is 1.95. The van der Waals surface area contributed by atoms with Gasteiger partial charge in [0.15, 0.2) is 0 Å². The fourth-order valence-electron chi connectivity index (χ4n) is 1.30. The summed E-state index contributed by atoms with van der Waals surface area (Å²) in [7, 11) is 0. The molecule has 0 spiro atoms. The van der Waals surface area contributed by atoms with Crippen LogP contribution in [0.3, 0.4) is 0 Å². The lowest BCUT2D eigenvalue weighted by molar-refractivity contribution is -0.139. The fraction of sp³-hybridized carbons (Fsp3) is 1.00. The first-order chi connectivity index (χ1) is 6.89. The summed E-state index contributed by atoms with van der Waals surface area (Å²) in [4.78, 5) is 0. The molecule has 6 heteroatoms. The molecule has 0 saturated carbocycles. The Morgan fingerprint density at radius 1 is 1.40 bits per heavy atom. The number of halogens is 3. The van der Waals surface area contributed by atoms with E-state index in [1.165, 1.54) is 6.92 Å². The molecule has 2 nitrogen and oxygen atoms in total. The third-order valence-corrected chi connectivity index (χ3v) is 2.59. The number of hydrogen-bond donors (Lipinski definition) is 2. The van der Waals surface area contributed by atoms with E-state index in [1.54, 1.807) is 11.8 Å². The van der Waals surface area contributed by atoms with Crippen LogP contribution in [-0.2, 0) is 0 Å². The van der Waals surface area contributed by atoms with Crippen LogP contribution in [0, 0.1) is 0 Å². The van der Waals surface area contributed by atoms with Crippen LogP contribution in [-0.4, -0.2) is 42.0 Å². The molecule has 0 aromatic rings. The van der Waals surface area contributed by atoms with E-state index in [2.05, 4.69) is 5.32 Å². The van der Waals surface area contributed by atoms with E-state index < -0.39 is 18.6 Å². The first-order valence-corrected chi connectivity index (χ1v) is 6.21. The van der Waals surface area contributed by atoms with Crippen molar-refractivity contribution in [3.63, 3.8) is 0 Å². The summed E-state index contributed by atoms with van der Waals surface area (Å²) in [5, 5.41) is 11.7. The molecule has 0 heterocycles. The predicted molar refractivity (Wildman–Crippen MR) is 57.1 cm³/mol. The number of aliphatic hydroxyl groups excluding tert-OH is 1. The summed E-state index contributed by atoms with van der Waals surface area (Å²) < 4.78 is 36.0. The van der Waals surface area contributed by atoms with Gasteiger partial charge in [0.05, 0.1) is 13.0 Å². The SMILES string of the molecule is CSCCC(CO)NC(C)CC(F)(F)F. The second-order valence-corrected chi connectivity index (χ2v) is 4.53. The molecule has 0 fully saturated rings. The van der Waals surface area contributed by atoms with Crippen molar-refractivity contribution < 1.29 is 18.3 Å². The minimum atomic E-state index is -4.15. The van der Waals surface area contributed by atoms with Gasteiger partial charge in [-0.15, -0.1) is 0 Å². The maximum atomic E-state index is 12.0. The van der Waals surface area contributed by atoms with Crippen molar-refractivity contribution >= 4 is 11.8 Å². The number of aliphatic hydroxyl groups is 1. The molecule has 0 saturated heterocycles. The number of hydrogen-bond acceptors (Lipinski definition) is 3. The van der Waals surface area contributed by atoms with Gasteiger partial charge < -0.3 is 10.4 Å². The zero-order valence-corrected chi connectivity index (χ0v) is 9.79. The van der Waals surface area contributed by atoms with Gasteiger partial charge in [0, 0.05) is 12.1 Å². The van der Waals surface area contributed by atoms with Crippen molar-refractivity contribution in [3.8, 4) is 0 Å². The summed E-state index contributed by atoms with van der Waals surface area (Å²) in [6.45, 7) is 1.36. The zero-order chi connectivity index (χ0) is 11.9. The maximum absolute atomic E-state index is 12.0. The van der Waals surface area contributed by atoms with Crippen LogP contribution >= 0.6 is 11.8 Å². The average molecular weight is 245 g/mol. The predicted octanol–water partition coefficient (Wildman–Crippen LogP) is 2.03. The topological polar surface area (TPSA) is 32.3 Å². The van der Waals surface area contributed by atoms with Gasteiger partial charge in [-0.25, -0.2) is 0 Å². The molecule has 2 atom stereocenters. The van der Waals surface area contributed by atoms with E-state index in [0.717, 1.165) is 5.75 Å². The van der Waals surface area contributed by atoms with Crippen LogP contribution in [0.15, 0.2) is 0 Å². The van der Waals surface area contributed by atoms with Crippen molar-refractivity contribution in [1.29, 1.82) is 0 Å². The van der Waals surface area contributed by atoms with E-state index in [4.69, 9.17) is 5.11 Å². The molecule has 0 aliphatic rings. The summed E-state index contributed by atoms with van der Waals surface area (Å²) in [6.07, 6.45) is -2.40. The lowest BCUT2D eigenvalue weighted by Gasteiger charge is -2.22. The van der Waals surface area contributed by atoms with Gasteiger partial charge in [-0.3, -0.25) is 0 Å². The zero-order valence-electron chi connectivity index (χ0n) is 8.97. The molecule has 2 N–H and O–H groups in total. The highest BCUT2D eigenvalue weighted by molar-refractivity contribution is 7.98. The molecule has 0 amide bonds. The molecule has 0 aliphatic carbocycles. The van der Waals surface area contributed by atoms with Crippen LogP contribution < -0.4 is 5.32 Å². The minimum absolute atomic E-state index is 0.122. The van der Waals surface area contributed by atoms with Gasteiger partial charge in [-0.1, -0.05) is 0 Å². The summed E-state index contributed by atoms with van der Waals surface area (Å²) >= 11 is 1.61. The number of nitrogens with one attached hydrogen (secondary N) is 1. The van der Waals surface area contributed by atoms with Gasteiger partial charge in [-0.05, 0) is 25.4 Å². The smallest absolute Gasteiger partial charge is 0.390 e. The lowest BCUT2D eigenvalue weighted by atomic mass is 10.1. The molecular formula is C9H18F3NOS. The Kier molecular flexibility index (Phi) is 7.38. The molecule has 15 heavy (non-hydrogen) atoms. The second kappa shape index (κ2) is 7.35. The van der Waals surface area contributed by atoms with Crippen molar-refractivity contribution in [2.75, 3.05) is 18.6 Å². The van der Waals surface area contributed by atoms with Crippen LogP contribution in [0.2, 0.25) is 0 Å². The first-order valence-electron chi connectivity index (χ1n) is 4.81. The maximum Gasteiger partial charge on any atom is 0.390 e. The normalized spacial score (nSPS) is 16.4. The van der Waals surface area contributed by atoms with Crippen LogP contribution in [0.25, 0.3) is 0 Å². The van der Waals surface area contributed by atoms with Gasteiger partial charge in [-0.2, -0.15) is 24.9 Å². The van der Waals surface area contributed by atoms with Gasteiger partial charge >= 0.3 is 6.18 Å². The molecule has 92 valence electrons. The number of thioether (sulfide) groups is 1. The molecule has 2 unspecified atom stereocenters. The first kappa shape index (κ1) is 15.1. The van der Waals surface area contributed by atoms with E-state index in [0.29, 0.717) is 6.42 Å². The van der Waals surface area contributed by atoms with E-state index >= 15 is 0 Å². The fourth-order valence-corrected chi connectivity index (χ4v) is 1.82. The van der Waals surface area contributed by atoms with E-state index in [9.17, 15) is 13.2 Å². The van der Waals surface area contributed by atoms with Crippen LogP contribution in [0.5, 0.6) is 0 Å². The second-order valence-electron chi connectivity index (χ2n) is 3.55. The summed E-state index contributed by atoms with van der Waals surface area (Å²) in [5.41, 5.74) is 0. The number of alkyl halides is 3. The van der Waals surface area contributed by atoms with Crippen molar-refractivity contribution in [1.82, 2.24) is 5.32 Å². The molecule has 0 rings (SSSR count). The standard InChI is InChI=1S/C9H18F3NOS/c1-7(5-9(10,11)12)13-8(6-14)3-4-15-2/h7-8,13-14H,3-6H2,1-2H3. The molecule has 0 radical (unpaired) electrons. The summed E-state index contributed by atoms with van der Waals surface area (Å²) in [6, 6.07) is -0.890. The highest BCUT2D eigenvalue weighted by Gasteiger charge is 2.30.